The molecule has 3 rings (SSSR count). The van der Waals surface area contributed by atoms with Crippen LogP contribution in [0.5, 0.6) is 0 Å². The van der Waals surface area contributed by atoms with Gasteiger partial charge in [-0.05, 0) is 60.7 Å². The normalized spacial score (nSPS) is 57.0. The van der Waals surface area contributed by atoms with Gasteiger partial charge in [0.05, 0.1) is 0 Å². The van der Waals surface area contributed by atoms with E-state index in [1.807, 2.05) is 0 Å². The summed E-state index contributed by atoms with van der Waals surface area (Å²) in [4.78, 5) is 0. The molecule has 3 saturated carbocycles. The Kier molecular flexibility index (Phi) is 1.49. The van der Waals surface area contributed by atoms with E-state index in [4.69, 9.17) is 0 Å². The average Bonchev–Trinajstić information content (AvgIpc) is 2.33. The van der Waals surface area contributed by atoms with Crippen LogP contribution in [0.25, 0.3) is 0 Å². The maximum absolute atomic E-state index is 2.53. The van der Waals surface area contributed by atoms with Crippen molar-refractivity contribution in [2.75, 3.05) is 0 Å². The molecule has 0 saturated heterocycles. The Balaban J connectivity index is 1.91. The van der Waals surface area contributed by atoms with Gasteiger partial charge in [0.15, 0.2) is 0 Å². The van der Waals surface area contributed by atoms with Gasteiger partial charge >= 0.3 is 0 Å². The highest BCUT2D eigenvalue weighted by molar-refractivity contribution is 5.09. The van der Waals surface area contributed by atoms with Gasteiger partial charge in [-0.3, -0.25) is 0 Å². The van der Waals surface area contributed by atoms with Gasteiger partial charge < -0.3 is 0 Å². The zero-order valence-corrected chi connectivity index (χ0v) is 9.22. The number of rotatable bonds is 0. The first-order valence-corrected chi connectivity index (χ1v) is 6.09. The predicted octanol–water partition coefficient (Wildman–Crippen LogP) is 3.71. The molecule has 0 spiro atoms. The Morgan fingerprint density at radius 1 is 0.923 bits per heavy atom. The summed E-state index contributed by atoms with van der Waals surface area (Å²) < 4.78 is 0. The van der Waals surface area contributed by atoms with E-state index in [0.29, 0.717) is 5.41 Å². The van der Waals surface area contributed by atoms with Crippen LogP contribution in [0.3, 0.4) is 0 Å². The average molecular weight is 178 g/mol. The molecule has 74 valence electrons. The highest BCUT2D eigenvalue weighted by Crippen LogP contribution is 2.68. The molecule has 0 nitrogen and oxygen atoms in total. The third kappa shape index (κ3) is 0.926. The van der Waals surface area contributed by atoms with E-state index in [1.54, 1.807) is 19.3 Å². The van der Waals surface area contributed by atoms with Gasteiger partial charge in [0.25, 0.3) is 0 Å². The molecule has 0 aromatic heterocycles. The lowest BCUT2D eigenvalue weighted by molar-refractivity contribution is -0.0895. The van der Waals surface area contributed by atoms with Crippen molar-refractivity contribution in [2.24, 2.45) is 35.0 Å². The fraction of sp³-hybridized carbons (Fsp3) is 1.00. The SMILES string of the molecule is CC1CC2CC3C(C1)C(C)(C)C3C2. The van der Waals surface area contributed by atoms with Crippen molar-refractivity contribution in [1.29, 1.82) is 0 Å². The molecule has 5 atom stereocenters. The highest BCUT2D eigenvalue weighted by atomic mass is 14.7. The molecule has 3 aliphatic carbocycles. The molecule has 0 aromatic carbocycles. The Morgan fingerprint density at radius 2 is 1.62 bits per heavy atom. The van der Waals surface area contributed by atoms with Crippen LogP contribution in [0.1, 0.15) is 46.5 Å². The molecule has 0 aliphatic heterocycles. The highest BCUT2D eigenvalue weighted by Gasteiger charge is 2.60. The van der Waals surface area contributed by atoms with Crippen LogP contribution in [0.4, 0.5) is 0 Å². The first-order valence-electron chi connectivity index (χ1n) is 6.09. The topological polar surface area (TPSA) is 0 Å². The van der Waals surface area contributed by atoms with E-state index in [2.05, 4.69) is 20.8 Å². The molecule has 0 amide bonds. The summed E-state index contributed by atoms with van der Waals surface area (Å²) in [5, 5.41) is 0. The van der Waals surface area contributed by atoms with Gasteiger partial charge in [0.2, 0.25) is 0 Å². The Morgan fingerprint density at radius 3 is 2.38 bits per heavy atom. The molecule has 0 aromatic rings. The molecule has 5 unspecified atom stereocenters. The third-order valence-corrected chi connectivity index (χ3v) is 5.53. The van der Waals surface area contributed by atoms with Crippen LogP contribution >= 0.6 is 0 Å². The van der Waals surface area contributed by atoms with Crippen molar-refractivity contribution >= 4 is 0 Å². The summed E-state index contributed by atoms with van der Waals surface area (Å²) in [6, 6.07) is 0. The quantitative estimate of drug-likeness (QED) is 0.530. The predicted molar refractivity (Wildman–Crippen MR) is 55.4 cm³/mol. The van der Waals surface area contributed by atoms with Crippen LogP contribution in [-0.4, -0.2) is 0 Å². The first-order chi connectivity index (χ1) is 6.09. The second-order valence-corrected chi connectivity index (χ2v) is 6.61. The van der Waals surface area contributed by atoms with Crippen molar-refractivity contribution in [2.45, 2.75) is 46.5 Å². The van der Waals surface area contributed by atoms with Crippen molar-refractivity contribution in [3.63, 3.8) is 0 Å². The lowest BCUT2D eigenvalue weighted by Crippen LogP contribution is -2.51. The fourth-order valence-electron chi connectivity index (χ4n) is 4.96. The zero-order valence-electron chi connectivity index (χ0n) is 9.22. The van der Waals surface area contributed by atoms with Gasteiger partial charge in [0.1, 0.15) is 0 Å². The van der Waals surface area contributed by atoms with E-state index in [0.717, 1.165) is 29.6 Å². The molecular formula is C13H22. The van der Waals surface area contributed by atoms with Crippen LogP contribution in [0, 0.1) is 35.0 Å². The van der Waals surface area contributed by atoms with Gasteiger partial charge in [0, 0.05) is 0 Å². The zero-order chi connectivity index (χ0) is 9.22. The lowest BCUT2D eigenvalue weighted by Gasteiger charge is -2.57. The van der Waals surface area contributed by atoms with Crippen LogP contribution in [-0.2, 0) is 0 Å². The Bertz CT molecular complexity index is 228. The van der Waals surface area contributed by atoms with E-state index in [1.165, 1.54) is 6.42 Å². The minimum Gasteiger partial charge on any atom is -0.0625 e. The largest absolute Gasteiger partial charge is 0.0625 e. The summed E-state index contributed by atoms with van der Waals surface area (Å²) in [6.45, 7) is 7.53. The Hall–Kier alpha value is 0. The number of hydrogen-bond donors (Lipinski definition) is 0. The summed E-state index contributed by atoms with van der Waals surface area (Å²) >= 11 is 0. The van der Waals surface area contributed by atoms with Crippen LogP contribution in [0.15, 0.2) is 0 Å². The second-order valence-electron chi connectivity index (χ2n) is 6.61. The lowest BCUT2D eigenvalue weighted by atomic mass is 9.48. The van der Waals surface area contributed by atoms with Crippen molar-refractivity contribution in [1.82, 2.24) is 0 Å². The molecule has 0 N–H and O–H groups in total. The molecular weight excluding hydrogens is 156 g/mol. The summed E-state index contributed by atoms with van der Waals surface area (Å²) in [5.74, 6) is 5.46. The molecule has 2 bridgehead atoms. The van der Waals surface area contributed by atoms with Crippen LogP contribution < -0.4 is 0 Å². The van der Waals surface area contributed by atoms with E-state index in [-0.39, 0.29) is 0 Å². The van der Waals surface area contributed by atoms with E-state index < -0.39 is 0 Å². The molecule has 13 heavy (non-hydrogen) atoms. The Labute approximate surface area is 82.1 Å². The maximum atomic E-state index is 2.53. The van der Waals surface area contributed by atoms with Gasteiger partial charge in [-0.15, -0.1) is 0 Å². The third-order valence-electron chi connectivity index (χ3n) is 5.53. The van der Waals surface area contributed by atoms with Gasteiger partial charge in [-0.1, -0.05) is 20.8 Å². The number of fused-ring (bicyclic) bond motifs is 1. The van der Waals surface area contributed by atoms with E-state index in [9.17, 15) is 0 Å². The van der Waals surface area contributed by atoms with Crippen molar-refractivity contribution in [3.8, 4) is 0 Å². The monoisotopic (exact) mass is 178 g/mol. The first kappa shape index (κ1) is 8.32. The molecule has 0 heterocycles. The molecule has 3 fully saturated rings. The summed E-state index contributed by atoms with van der Waals surface area (Å²) in [6.07, 6.45) is 6.23. The van der Waals surface area contributed by atoms with E-state index >= 15 is 0 Å². The van der Waals surface area contributed by atoms with Crippen molar-refractivity contribution in [3.05, 3.63) is 0 Å². The second kappa shape index (κ2) is 2.32. The van der Waals surface area contributed by atoms with Crippen molar-refractivity contribution < 1.29 is 0 Å². The minimum absolute atomic E-state index is 0.702. The van der Waals surface area contributed by atoms with Gasteiger partial charge in [-0.2, -0.15) is 0 Å². The maximum Gasteiger partial charge on any atom is -0.0292 e. The standard InChI is InChI=1S/C13H22/c1-8-4-9-6-10-11(5-8)13(2,3)12(10)7-9/h8-12H,4-7H2,1-3H3. The fourth-order valence-corrected chi connectivity index (χ4v) is 4.96. The smallest absolute Gasteiger partial charge is 0.0292 e. The number of hydrogen-bond acceptors (Lipinski definition) is 0. The minimum atomic E-state index is 0.702. The summed E-state index contributed by atoms with van der Waals surface area (Å²) in [7, 11) is 0. The summed E-state index contributed by atoms with van der Waals surface area (Å²) in [5.41, 5.74) is 0.702. The molecule has 0 heteroatoms. The molecule has 3 aliphatic rings. The van der Waals surface area contributed by atoms with Crippen LogP contribution in [0.2, 0.25) is 0 Å². The van der Waals surface area contributed by atoms with Gasteiger partial charge in [-0.25, -0.2) is 0 Å². The molecule has 0 radical (unpaired) electrons.